The Morgan fingerprint density at radius 2 is 1.97 bits per heavy atom. The van der Waals surface area contributed by atoms with Gasteiger partial charge in [-0.05, 0) is 55.2 Å². The third-order valence-corrected chi connectivity index (χ3v) is 6.09. The van der Waals surface area contributed by atoms with E-state index in [1.54, 1.807) is 6.20 Å². The summed E-state index contributed by atoms with van der Waals surface area (Å²) in [7, 11) is 0. The number of benzene rings is 2. The minimum Gasteiger partial charge on any atom is -0.490 e. The molecule has 3 aromatic rings. The van der Waals surface area contributed by atoms with Gasteiger partial charge in [-0.2, -0.15) is 5.10 Å². The van der Waals surface area contributed by atoms with Crippen LogP contribution >= 0.6 is 11.6 Å². The summed E-state index contributed by atoms with van der Waals surface area (Å²) in [4.78, 5) is 13.0. The number of nitrogens with one attached hydrogen (secondary N) is 1. The highest BCUT2D eigenvalue weighted by Gasteiger charge is 2.33. The van der Waals surface area contributed by atoms with Gasteiger partial charge in [-0.15, -0.1) is 0 Å². The monoisotopic (exact) mass is 437 g/mol. The Kier molecular flexibility index (Phi) is 5.32. The molecule has 1 aliphatic heterocycles. The van der Waals surface area contributed by atoms with Crippen molar-refractivity contribution in [3.8, 4) is 17.2 Å². The van der Waals surface area contributed by atoms with Gasteiger partial charge in [0.15, 0.2) is 11.5 Å². The number of hydrogen-bond donors (Lipinski definition) is 1. The van der Waals surface area contributed by atoms with Crippen LogP contribution in [-0.2, 0) is 6.54 Å². The molecular weight excluding hydrogens is 414 g/mol. The van der Waals surface area contributed by atoms with Crippen molar-refractivity contribution in [2.24, 2.45) is 0 Å². The lowest BCUT2D eigenvalue weighted by Gasteiger charge is -2.12. The van der Waals surface area contributed by atoms with Crippen LogP contribution in [0.3, 0.4) is 0 Å². The fourth-order valence-corrected chi connectivity index (χ4v) is 3.97. The van der Waals surface area contributed by atoms with E-state index in [-0.39, 0.29) is 5.91 Å². The minimum atomic E-state index is -0.126. The quantitative estimate of drug-likeness (QED) is 0.622. The Bertz CT molecular complexity index is 1140. The van der Waals surface area contributed by atoms with Gasteiger partial charge in [0, 0.05) is 23.9 Å². The predicted octanol–water partition coefficient (Wildman–Crippen LogP) is 4.80. The number of amides is 1. The molecule has 1 fully saturated rings. The SMILES string of the molecule is Cc1ccc(-n2ncc(C(=O)NCc3ccc4c(c3)OCCCO4)c2C2CC2)cc1Cl. The maximum absolute atomic E-state index is 13.0. The van der Waals surface area contributed by atoms with Gasteiger partial charge in [0.05, 0.1) is 36.4 Å². The van der Waals surface area contributed by atoms with Crippen molar-refractivity contribution in [2.45, 2.75) is 38.6 Å². The molecule has 0 saturated heterocycles. The maximum Gasteiger partial charge on any atom is 0.255 e. The fraction of sp³-hybridized carbons (Fsp3) is 0.333. The second kappa shape index (κ2) is 8.27. The van der Waals surface area contributed by atoms with Crippen LogP contribution in [0, 0.1) is 6.92 Å². The van der Waals surface area contributed by atoms with E-state index >= 15 is 0 Å². The van der Waals surface area contributed by atoms with Gasteiger partial charge in [0.25, 0.3) is 5.91 Å². The molecule has 6 nitrogen and oxygen atoms in total. The average molecular weight is 438 g/mol. The first-order valence-electron chi connectivity index (χ1n) is 10.6. The zero-order chi connectivity index (χ0) is 21.4. The van der Waals surface area contributed by atoms with Crippen LogP contribution < -0.4 is 14.8 Å². The number of carbonyl (C=O) groups is 1. The lowest BCUT2D eigenvalue weighted by Crippen LogP contribution is -2.23. The number of nitrogens with zero attached hydrogens (tertiary/aromatic N) is 2. The van der Waals surface area contributed by atoms with E-state index in [0.717, 1.165) is 53.3 Å². The van der Waals surface area contributed by atoms with Crippen LogP contribution in [0.1, 0.15) is 52.4 Å². The normalized spacial score (nSPS) is 15.4. The summed E-state index contributed by atoms with van der Waals surface area (Å²) < 4.78 is 13.3. The van der Waals surface area contributed by atoms with Gasteiger partial charge >= 0.3 is 0 Å². The molecule has 0 unspecified atom stereocenters. The standard InChI is InChI=1S/C24H24ClN3O3/c1-15-3-7-18(12-20(15)25)28-23(17-5-6-17)19(14-27-28)24(29)26-13-16-4-8-21-22(11-16)31-10-2-9-30-21/h3-4,7-8,11-12,14,17H,2,5-6,9-10,13H2,1H3,(H,26,29). The summed E-state index contributed by atoms with van der Waals surface area (Å²) in [6, 6.07) is 11.6. The molecule has 2 aliphatic rings. The van der Waals surface area contributed by atoms with E-state index in [4.69, 9.17) is 21.1 Å². The van der Waals surface area contributed by atoms with Crippen molar-refractivity contribution in [1.82, 2.24) is 15.1 Å². The third-order valence-electron chi connectivity index (χ3n) is 5.68. The summed E-state index contributed by atoms with van der Waals surface area (Å²) in [5.74, 6) is 1.70. The third kappa shape index (κ3) is 4.12. The van der Waals surface area contributed by atoms with E-state index in [9.17, 15) is 4.79 Å². The van der Waals surface area contributed by atoms with Crippen molar-refractivity contribution in [2.75, 3.05) is 13.2 Å². The van der Waals surface area contributed by atoms with Crippen molar-refractivity contribution in [3.63, 3.8) is 0 Å². The molecule has 1 aliphatic carbocycles. The van der Waals surface area contributed by atoms with Gasteiger partial charge in [-0.25, -0.2) is 4.68 Å². The van der Waals surface area contributed by atoms with E-state index in [0.29, 0.717) is 36.3 Å². The second-order valence-corrected chi connectivity index (χ2v) is 8.48. The first-order valence-corrected chi connectivity index (χ1v) is 11.0. The van der Waals surface area contributed by atoms with E-state index < -0.39 is 0 Å². The van der Waals surface area contributed by atoms with Gasteiger partial charge in [0.1, 0.15) is 0 Å². The van der Waals surface area contributed by atoms with E-state index in [2.05, 4.69) is 10.4 Å². The zero-order valence-corrected chi connectivity index (χ0v) is 18.1. The number of rotatable bonds is 5. The second-order valence-electron chi connectivity index (χ2n) is 8.08. The van der Waals surface area contributed by atoms with Crippen LogP contribution in [0.25, 0.3) is 5.69 Å². The Morgan fingerprint density at radius 1 is 1.16 bits per heavy atom. The topological polar surface area (TPSA) is 65.4 Å². The minimum absolute atomic E-state index is 0.126. The molecule has 0 spiro atoms. The number of aryl methyl sites for hydroxylation is 1. The largest absolute Gasteiger partial charge is 0.490 e. The molecule has 160 valence electrons. The number of carbonyl (C=O) groups excluding carboxylic acids is 1. The molecule has 0 bridgehead atoms. The summed E-state index contributed by atoms with van der Waals surface area (Å²) >= 11 is 6.32. The average Bonchev–Trinajstić information content (AvgIpc) is 3.56. The molecule has 0 radical (unpaired) electrons. The van der Waals surface area contributed by atoms with Crippen LogP contribution in [0.5, 0.6) is 11.5 Å². The number of aromatic nitrogens is 2. The summed E-state index contributed by atoms with van der Waals surface area (Å²) in [5, 5.41) is 8.24. The number of halogens is 1. The first kappa shape index (κ1) is 19.9. The Balaban J connectivity index is 1.36. The van der Waals surface area contributed by atoms with Gasteiger partial charge < -0.3 is 14.8 Å². The maximum atomic E-state index is 13.0. The van der Waals surface area contributed by atoms with Crippen molar-refractivity contribution >= 4 is 17.5 Å². The van der Waals surface area contributed by atoms with Gasteiger partial charge in [-0.3, -0.25) is 4.79 Å². The molecule has 1 amide bonds. The summed E-state index contributed by atoms with van der Waals surface area (Å²) in [6.45, 7) is 3.66. The number of fused-ring (bicyclic) bond motifs is 1. The van der Waals surface area contributed by atoms with Crippen LogP contribution in [0.2, 0.25) is 5.02 Å². The van der Waals surface area contributed by atoms with E-state index in [1.807, 2.05) is 48.0 Å². The van der Waals surface area contributed by atoms with Crippen molar-refractivity contribution in [1.29, 1.82) is 0 Å². The first-order chi connectivity index (χ1) is 15.1. The zero-order valence-electron chi connectivity index (χ0n) is 17.4. The summed E-state index contributed by atoms with van der Waals surface area (Å²) in [6.07, 6.45) is 4.65. The Morgan fingerprint density at radius 3 is 2.74 bits per heavy atom. The highest BCUT2D eigenvalue weighted by molar-refractivity contribution is 6.31. The molecule has 1 aromatic heterocycles. The van der Waals surface area contributed by atoms with Crippen LogP contribution in [-0.4, -0.2) is 28.9 Å². The lowest BCUT2D eigenvalue weighted by molar-refractivity contribution is 0.0950. The molecule has 0 atom stereocenters. The smallest absolute Gasteiger partial charge is 0.255 e. The van der Waals surface area contributed by atoms with Crippen LogP contribution in [0.4, 0.5) is 0 Å². The number of ether oxygens (including phenoxy) is 2. The Labute approximate surface area is 186 Å². The highest BCUT2D eigenvalue weighted by atomic mass is 35.5. The molecule has 5 rings (SSSR count). The molecule has 7 heteroatoms. The molecular formula is C24H24ClN3O3. The van der Waals surface area contributed by atoms with Crippen LogP contribution in [0.15, 0.2) is 42.6 Å². The molecule has 31 heavy (non-hydrogen) atoms. The van der Waals surface area contributed by atoms with Crippen molar-refractivity contribution < 1.29 is 14.3 Å². The fourth-order valence-electron chi connectivity index (χ4n) is 3.80. The Hall–Kier alpha value is -2.99. The number of hydrogen-bond acceptors (Lipinski definition) is 4. The van der Waals surface area contributed by atoms with Gasteiger partial charge in [-0.1, -0.05) is 23.7 Å². The molecule has 1 N–H and O–H groups in total. The van der Waals surface area contributed by atoms with E-state index in [1.165, 1.54) is 0 Å². The lowest BCUT2D eigenvalue weighted by atomic mass is 10.1. The summed E-state index contributed by atoms with van der Waals surface area (Å²) in [5.41, 5.74) is 4.42. The predicted molar refractivity (Wildman–Crippen MR) is 119 cm³/mol. The highest BCUT2D eigenvalue weighted by Crippen LogP contribution is 2.42. The van der Waals surface area contributed by atoms with Crippen molar-refractivity contribution in [3.05, 3.63) is 70.0 Å². The molecule has 1 saturated carbocycles. The molecule has 2 aromatic carbocycles. The molecule has 2 heterocycles. The van der Waals surface area contributed by atoms with Gasteiger partial charge in [0.2, 0.25) is 0 Å².